The molecular weight excluding hydrogens is 114 g/mol. The minimum Gasteiger partial charge on any atom is -0.292 e. The molecule has 0 aliphatic carbocycles. The van der Waals surface area contributed by atoms with Gasteiger partial charge in [0.05, 0.1) is 5.88 Å². The molecule has 0 fully saturated rings. The molecule has 0 rings (SSSR count). The molecule has 0 bridgehead atoms. The standard InChI is InChI=1S/C3H8NO2S/c1-4(2)3-7(5)6/h7H,1,3H2,2H3. The quantitative estimate of drug-likeness (QED) is 0.491. The first kappa shape index (κ1) is 6.91. The summed E-state index contributed by atoms with van der Waals surface area (Å²) in [4.78, 5) is 1.35. The van der Waals surface area contributed by atoms with Crippen molar-refractivity contribution < 1.29 is 8.42 Å². The van der Waals surface area contributed by atoms with Crippen LogP contribution in [0.5, 0.6) is 0 Å². The van der Waals surface area contributed by atoms with Crippen LogP contribution in [0.2, 0.25) is 0 Å². The van der Waals surface area contributed by atoms with Gasteiger partial charge in [-0.05, 0) is 7.05 Å². The lowest BCUT2D eigenvalue weighted by Crippen LogP contribution is -2.10. The molecule has 0 aromatic carbocycles. The summed E-state index contributed by atoms with van der Waals surface area (Å²) in [6, 6.07) is 0. The van der Waals surface area contributed by atoms with E-state index in [1.807, 2.05) is 0 Å². The third-order valence-electron chi connectivity index (χ3n) is 0.357. The number of hydrogen-bond donors (Lipinski definition) is 1. The Morgan fingerprint density at radius 2 is 2.14 bits per heavy atom. The maximum absolute atomic E-state index is 9.77. The van der Waals surface area contributed by atoms with Crippen molar-refractivity contribution in [3.63, 3.8) is 0 Å². The van der Waals surface area contributed by atoms with Gasteiger partial charge >= 0.3 is 0 Å². The Kier molecular flexibility index (Phi) is 2.95. The average Bonchev–Trinajstić information content (AvgIpc) is 1.27. The molecule has 0 aliphatic heterocycles. The first-order valence-electron chi connectivity index (χ1n) is 1.76. The fourth-order valence-electron chi connectivity index (χ4n) is 0.197. The monoisotopic (exact) mass is 122 g/mol. The molecule has 0 saturated carbocycles. The normalized spacial score (nSPS) is 10.9. The van der Waals surface area contributed by atoms with E-state index in [9.17, 15) is 8.42 Å². The van der Waals surface area contributed by atoms with E-state index in [0.29, 0.717) is 0 Å². The van der Waals surface area contributed by atoms with Gasteiger partial charge in [-0.3, -0.25) is 4.90 Å². The summed E-state index contributed by atoms with van der Waals surface area (Å²) in [5.74, 6) is 0.0370. The Balaban J connectivity index is 3.32. The second-order valence-electron chi connectivity index (χ2n) is 1.33. The van der Waals surface area contributed by atoms with Crippen molar-refractivity contribution in [1.29, 1.82) is 0 Å². The predicted molar refractivity (Wildman–Crippen MR) is 28.3 cm³/mol. The summed E-state index contributed by atoms with van der Waals surface area (Å²) in [5.41, 5.74) is 0. The van der Waals surface area contributed by atoms with Gasteiger partial charge in [0.15, 0.2) is 10.7 Å². The van der Waals surface area contributed by atoms with Gasteiger partial charge in [-0.2, -0.15) is 0 Å². The lowest BCUT2D eigenvalue weighted by Gasteiger charge is -1.99. The van der Waals surface area contributed by atoms with E-state index < -0.39 is 10.7 Å². The van der Waals surface area contributed by atoms with Crippen molar-refractivity contribution in [3.8, 4) is 0 Å². The zero-order chi connectivity index (χ0) is 5.86. The van der Waals surface area contributed by atoms with Gasteiger partial charge in [0.2, 0.25) is 0 Å². The van der Waals surface area contributed by atoms with E-state index >= 15 is 0 Å². The van der Waals surface area contributed by atoms with Crippen LogP contribution in [-0.4, -0.2) is 26.2 Å². The Bertz CT molecular complexity index is 99.5. The Hall–Kier alpha value is -0.0900. The van der Waals surface area contributed by atoms with Crippen LogP contribution in [0.3, 0.4) is 0 Å². The van der Waals surface area contributed by atoms with Crippen molar-refractivity contribution in [1.82, 2.24) is 4.90 Å². The summed E-state index contributed by atoms with van der Waals surface area (Å²) in [6.45, 7) is 0. The van der Waals surface area contributed by atoms with E-state index in [0.717, 1.165) is 0 Å². The maximum Gasteiger partial charge on any atom is 0.153 e. The minimum atomic E-state index is -2.28. The van der Waals surface area contributed by atoms with Crippen LogP contribution in [0.15, 0.2) is 0 Å². The van der Waals surface area contributed by atoms with E-state index in [1.54, 1.807) is 7.05 Å². The molecule has 0 aliphatic rings. The highest BCUT2D eigenvalue weighted by atomic mass is 32.2. The van der Waals surface area contributed by atoms with Gasteiger partial charge in [-0.1, -0.05) is 0 Å². The maximum atomic E-state index is 9.77. The molecule has 0 heterocycles. The van der Waals surface area contributed by atoms with Crippen molar-refractivity contribution in [2.75, 3.05) is 12.9 Å². The Morgan fingerprint density at radius 1 is 1.71 bits per heavy atom. The second-order valence-corrected chi connectivity index (χ2v) is 2.28. The summed E-state index contributed by atoms with van der Waals surface area (Å²) in [5, 5.41) is 0. The molecule has 0 aromatic heterocycles. The zero-order valence-electron chi connectivity index (χ0n) is 4.13. The molecule has 0 atom stereocenters. The number of nitrogens with zero attached hydrogens (tertiary/aromatic N) is 1. The van der Waals surface area contributed by atoms with Gasteiger partial charge in [-0.25, -0.2) is 8.42 Å². The molecule has 43 valence electrons. The smallest absolute Gasteiger partial charge is 0.153 e. The van der Waals surface area contributed by atoms with Crippen molar-refractivity contribution in [3.05, 3.63) is 7.05 Å². The van der Waals surface area contributed by atoms with E-state index in [-0.39, 0.29) is 5.88 Å². The second kappa shape index (κ2) is 2.98. The van der Waals surface area contributed by atoms with Crippen molar-refractivity contribution in [2.24, 2.45) is 0 Å². The fourth-order valence-corrected chi connectivity index (χ4v) is 0.591. The van der Waals surface area contributed by atoms with Gasteiger partial charge < -0.3 is 0 Å². The molecule has 0 saturated heterocycles. The van der Waals surface area contributed by atoms with Crippen LogP contribution in [0.4, 0.5) is 0 Å². The highest BCUT2D eigenvalue weighted by molar-refractivity contribution is 7.72. The zero-order valence-corrected chi connectivity index (χ0v) is 5.02. The molecule has 0 unspecified atom stereocenters. The molecule has 0 spiro atoms. The van der Waals surface area contributed by atoms with Crippen LogP contribution in [-0.2, 0) is 10.7 Å². The van der Waals surface area contributed by atoms with Gasteiger partial charge in [0.1, 0.15) is 0 Å². The van der Waals surface area contributed by atoms with Gasteiger partial charge in [0.25, 0.3) is 0 Å². The highest BCUT2D eigenvalue weighted by Crippen LogP contribution is 1.72. The lowest BCUT2D eigenvalue weighted by atomic mass is 11.0. The van der Waals surface area contributed by atoms with E-state index in [2.05, 4.69) is 7.05 Å². The average molecular weight is 122 g/mol. The van der Waals surface area contributed by atoms with Crippen LogP contribution in [0.25, 0.3) is 0 Å². The topological polar surface area (TPSA) is 37.4 Å². The van der Waals surface area contributed by atoms with E-state index in [1.165, 1.54) is 4.90 Å². The van der Waals surface area contributed by atoms with Crippen LogP contribution >= 0.6 is 0 Å². The number of rotatable bonds is 2. The minimum absolute atomic E-state index is 0.0370. The summed E-state index contributed by atoms with van der Waals surface area (Å²) < 4.78 is 19.5. The van der Waals surface area contributed by atoms with Crippen molar-refractivity contribution >= 4 is 10.7 Å². The summed E-state index contributed by atoms with van der Waals surface area (Å²) in [6.07, 6.45) is 0. The summed E-state index contributed by atoms with van der Waals surface area (Å²) >= 11 is 0. The third-order valence-corrected chi connectivity index (χ3v) is 1.07. The number of thiol groups is 1. The largest absolute Gasteiger partial charge is 0.292 e. The highest BCUT2D eigenvalue weighted by Gasteiger charge is 1.86. The molecule has 0 aromatic rings. The van der Waals surface area contributed by atoms with Gasteiger partial charge in [0, 0.05) is 7.05 Å². The van der Waals surface area contributed by atoms with E-state index in [4.69, 9.17) is 0 Å². The van der Waals surface area contributed by atoms with Gasteiger partial charge in [-0.15, -0.1) is 0 Å². The molecule has 3 nitrogen and oxygen atoms in total. The lowest BCUT2D eigenvalue weighted by molar-refractivity contribution is 0.510. The molecule has 1 radical (unpaired) electrons. The summed E-state index contributed by atoms with van der Waals surface area (Å²) in [7, 11) is 2.65. The first-order chi connectivity index (χ1) is 3.13. The third kappa shape index (κ3) is 5.91. The number of hydrogen-bond acceptors (Lipinski definition) is 3. The SMILES string of the molecule is [CH2]N(C)C[SH](=O)=O. The van der Waals surface area contributed by atoms with Crippen LogP contribution in [0, 0.1) is 7.05 Å². The van der Waals surface area contributed by atoms with Crippen molar-refractivity contribution in [2.45, 2.75) is 0 Å². The molecule has 0 N–H and O–H groups in total. The van der Waals surface area contributed by atoms with Crippen LogP contribution in [0.1, 0.15) is 0 Å². The Morgan fingerprint density at radius 3 is 2.14 bits per heavy atom. The Labute approximate surface area is 44.9 Å². The fraction of sp³-hybridized carbons (Fsp3) is 0.667. The molecule has 0 amide bonds. The predicted octanol–water partition coefficient (Wildman–Crippen LogP) is -0.721. The molecular formula is C3H8NO2S. The first-order valence-corrected chi connectivity index (χ1v) is 3.12. The molecule has 4 heteroatoms. The van der Waals surface area contributed by atoms with Crippen LogP contribution < -0.4 is 0 Å². The molecule has 7 heavy (non-hydrogen) atoms.